The van der Waals surface area contributed by atoms with Crippen molar-refractivity contribution >= 4 is 21.4 Å². The van der Waals surface area contributed by atoms with Crippen LogP contribution in [0, 0.1) is 6.92 Å². The Morgan fingerprint density at radius 1 is 1.45 bits per heavy atom. The highest BCUT2D eigenvalue weighted by Gasteiger charge is 2.20. The number of thiazole rings is 1. The van der Waals surface area contributed by atoms with Crippen LogP contribution in [0.5, 0.6) is 0 Å². The summed E-state index contributed by atoms with van der Waals surface area (Å²) in [5.74, 6) is 0. The van der Waals surface area contributed by atoms with Crippen LogP contribution in [0.25, 0.3) is 0 Å². The topological polar surface area (TPSA) is 85.1 Å². The molecule has 0 aliphatic carbocycles. The molecular weight excluding hydrogens is 294 g/mol. The van der Waals surface area contributed by atoms with Gasteiger partial charge in [0.2, 0.25) is 10.0 Å². The summed E-state index contributed by atoms with van der Waals surface area (Å²) in [6.45, 7) is 4.03. The van der Waals surface area contributed by atoms with E-state index >= 15 is 0 Å². The van der Waals surface area contributed by atoms with Crippen molar-refractivity contribution in [2.45, 2.75) is 31.3 Å². The Bertz CT molecular complexity index is 695. The summed E-state index contributed by atoms with van der Waals surface area (Å²) in [7, 11) is -3.57. The van der Waals surface area contributed by atoms with Gasteiger partial charge in [0.25, 0.3) is 0 Å². The van der Waals surface area contributed by atoms with Crippen LogP contribution in [0.15, 0.2) is 35.4 Å². The van der Waals surface area contributed by atoms with E-state index in [1.54, 1.807) is 37.4 Å². The van der Waals surface area contributed by atoms with Crippen LogP contribution in [-0.2, 0) is 16.6 Å². The first kappa shape index (κ1) is 15.1. The van der Waals surface area contributed by atoms with Crippen molar-refractivity contribution in [3.8, 4) is 0 Å². The lowest BCUT2D eigenvalue weighted by Gasteiger charge is -2.12. The Labute approximate surface area is 122 Å². The maximum atomic E-state index is 12.3. The van der Waals surface area contributed by atoms with Crippen molar-refractivity contribution in [3.63, 3.8) is 0 Å². The summed E-state index contributed by atoms with van der Waals surface area (Å²) < 4.78 is 27.3. The van der Waals surface area contributed by atoms with Gasteiger partial charge in [-0.05, 0) is 31.5 Å². The maximum Gasteiger partial charge on any atom is 0.241 e. The number of rotatable bonds is 5. The molecule has 0 aliphatic heterocycles. The molecule has 0 saturated heterocycles. The summed E-state index contributed by atoms with van der Waals surface area (Å²) in [6, 6.07) is 6.27. The minimum absolute atomic E-state index is 0.223. The molecule has 3 N–H and O–H groups in total. The summed E-state index contributed by atoms with van der Waals surface area (Å²) in [5.41, 5.74) is 6.32. The maximum absolute atomic E-state index is 12.3. The number of nitrogens with two attached hydrogens (primary N) is 1. The van der Waals surface area contributed by atoms with E-state index in [2.05, 4.69) is 9.71 Å². The molecule has 0 fully saturated rings. The minimum atomic E-state index is -3.57. The molecule has 1 atom stereocenters. The zero-order chi connectivity index (χ0) is 14.8. The third-order valence-corrected chi connectivity index (χ3v) is 5.42. The van der Waals surface area contributed by atoms with Crippen LogP contribution in [-0.4, -0.2) is 13.4 Å². The monoisotopic (exact) mass is 311 g/mol. The van der Waals surface area contributed by atoms with Gasteiger partial charge in [0, 0.05) is 17.6 Å². The summed E-state index contributed by atoms with van der Waals surface area (Å²) in [6.07, 6.45) is 1.74. The van der Waals surface area contributed by atoms with Gasteiger partial charge in [-0.3, -0.25) is 0 Å². The van der Waals surface area contributed by atoms with E-state index in [9.17, 15) is 8.42 Å². The van der Waals surface area contributed by atoms with Gasteiger partial charge in [0.15, 0.2) is 0 Å². The Morgan fingerprint density at radius 3 is 2.80 bits per heavy atom. The van der Waals surface area contributed by atoms with E-state index in [1.807, 2.05) is 6.92 Å². The highest BCUT2D eigenvalue weighted by molar-refractivity contribution is 7.89. The normalized spacial score (nSPS) is 13.3. The number of nitrogens with zero attached hydrogens (tertiary/aromatic N) is 1. The third kappa shape index (κ3) is 3.43. The number of nitrogens with one attached hydrogen (secondary N) is 1. The predicted molar refractivity (Wildman–Crippen MR) is 79.9 cm³/mol. The van der Waals surface area contributed by atoms with Gasteiger partial charge in [0.1, 0.15) is 5.01 Å². The molecule has 0 bridgehead atoms. The average molecular weight is 311 g/mol. The molecular formula is C13H17N3O2S2. The average Bonchev–Trinajstić information content (AvgIpc) is 2.85. The lowest BCUT2D eigenvalue weighted by atomic mass is 10.2. The fourth-order valence-corrected chi connectivity index (χ4v) is 3.89. The molecule has 0 saturated carbocycles. The Hall–Kier alpha value is -1.28. The van der Waals surface area contributed by atoms with E-state index in [4.69, 9.17) is 5.73 Å². The first-order valence-corrected chi connectivity index (χ1v) is 8.46. The SMILES string of the molecule is Cc1cnc(C(C)NS(=O)(=O)c2cccc(CN)c2)s1. The van der Waals surface area contributed by atoms with Gasteiger partial charge in [-0.25, -0.2) is 18.1 Å². The second-order valence-corrected chi connectivity index (χ2v) is 7.48. The molecule has 7 heteroatoms. The van der Waals surface area contributed by atoms with Gasteiger partial charge in [0.05, 0.1) is 10.9 Å². The van der Waals surface area contributed by atoms with E-state index in [0.29, 0.717) is 6.54 Å². The zero-order valence-corrected chi connectivity index (χ0v) is 13.0. The van der Waals surface area contributed by atoms with E-state index in [0.717, 1.165) is 15.4 Å². The van der Waals surface area contributed by atoms with Crippen LogP contribution in [0.1, 0.15) is 28.4 Å². The molecule has 20 heavy (non-hydrogen) atoms. The van der Waals surface area contributed by atoms with E-state index in [-0.39, 0.29) is 10.9 Å². The van der Waals surface area contributed by atoms with Crippen LogP contribution < -0.4 is 10.5 Å². The van der Waals surface area contributed by atoms with Crippen molar-refractivity contribution in [2.24, 2.45) is 5.73 Å². The number of hydrogen-bond donors (Lipinski definition) is 2. The Kier molecular flexibility index (Phi) is 4.54. The fraction of sp³-hybridized carbons (Fsp3) is 0.308. The predicted octanol–water partition coefficient (Wildman–Crippen LogP) is 1.95. The summed E-state index contributed by atoms with van der Waals surface area (Å²) in [4.78, 5) is 5.47. The van der Waals surface area contributed by atoms with E-state index in [1.165, 1.54) is 11.3 Å². The molecule has 0 amide bonds. The first-order chi connectivity index (χ1) is 9.42. The van der Waals surface area contributed by atoms with Crippen molar-refractivity contribution in [3.05, 3.63) is 45.9 Å². The molecule has 1 aromatic heterocycles. The van der Waals surface area contributed by atoms with Gasteiger partial charge in [-0.1, -0.05) is 12.1 Å². The quantitative estimate of drug-likeness (QED) is 0.884. The molecule has 1 heterocycles. The smallest absolute Gasteiger partial charge is 0.241 e. The number of hydrogen-bond acceptors (Lipinski definition) is 5. The Balaban J connectivity index is 2.22. The molecule has 0 spiro atoms. The second-order valence-electron chi connectivity index (χ2n) is 4.50. The van der Waals surface area contributed by atoms with Crippen LogP contribution in [0.2, 0.25) is 0 Å². The lowest BCUT2D eigenvalue weighted by Crippen LogP contribution is -2.27. The molecule has 0 aliphatic rings. The first-order valence-electron chi connectivity index (χ1n) is 6.16. The third-order valence-electron chi connectivity index (χ3n) is 2.79. The van der Waals surface area contributed by atoms with Crippen molar-refractivity contribution in [1.29, 1.82) is 0 Å². The van der Waals surface area contributed by atoms with Gasteiger partial charge >= 0.3 is 0 Å². The van der Waals surface area contributed by atoms with Crippen molar-refractivity contribution in [2.75, 3.05) is 0 Å². The summed E-state index contributed by atoms with van der Waals surface area (Å²) in [5, 5.41) is 0.751. The molecule has 0 radical (unpaired) electrons. The highest BCUT2D eigenvalue weighted by atomic mass is 32.2. The largest absolute Gasteiger partial charge is 0.326 e. The zero-order valence-electron chi connectivity index (χ0n) is 11.3. The standard InChI is InChI=1S/C13H17N3O2S2/c1-9-8-15-13(19-9)10(2)16-20(17,18)12-5-3-4-11(6-12)7-14/h3-6,8,10,16H,7,14H2,1-2H3. The molecule has 1 unspecified atom stereocenters. The number of aryl methyl sites for hydroxylation is 1. The van der Waals surface area contributed by atoms with Crippen LogP contribution in [0.3, 0.4) is 0 Å². The van der Waals surface area contributed by atoms with E-state index < -0.39 is 10.0 Å². The second kappa shape index (κ2) is 6.01. The molecule has 2 rings (SSSR count). The van der Waals surface area contributed by atoms with Crippen LogP contribution >= 0.6 is 11.3 Å². The Morgan fingerprint density at radius 2 is 2.20 bits per heavy atom. The molecule has 108 valence electrons. The minimum Gasteiger partial charge on any atom is -0.326 e. The molecule has 2 aromatic rings. The number of sulfonamides is 1. The fourth-order valence-electron chi connectivity index (χ4n) is 1.76. The number of aromatic nitrogens is 1. The van der Waals surface area contributed by atoms with Crippen LogP contribution in [0.4, 0.5) is 0 Å². The van der Waals surface area contributed by atoms with Crippen molar-refractivity contribution in [1.82, 2.24) is 9.71 Å². The van der Waals surface area contributed by atoms with Crippen molar-refractivity contribution < 1.29 is 8.42 Å². The molecule has 5 nitrogen and oxygen atoms in total. The summed E-state index contributed by atoms with van der Waals surface area (Å²) >= 11 is 1.48. The molecule has 1 aromatic carbocycles. The highest BCUT2D eigenvalue weighted by Crippen LogP contribution is 2.21. The van der Waals surface area contributed by atoms with Gasteiger partial charge in [-0.2, -0.15) is 0 Å². The lowest BCUT2D eigenvalue weighted by molar-refractivity contribution is 0.566. The van der Waals surface area contributed by atoms with Gasteiger partial charge in [-0.15, -0.1) is 11.3 Å². The number of benzene rings is 1. The van der Waals surface area contributed by atoms with Gasteiger partial charge < -0.3 is 5.73 Å².